The summed E-state index contributed by atoms with van der Waals surface area (Å²) in [6.07, 6.45) is 1.73. The van der Waals surface area contributed by atoms with Crippen molar-refractivity contribution >= 4 is 16.6 Å². The van der Waals surface area contributed by atoms with E-state index in [1.54, 1.807) is 12.3 Å². The monoisotopic (exact) mass is 297 g/mol. The number of hydrogen-bond donors (Lipinski definition) is 1. The number of nitrogens with zero attached hydrogens (tertiary/aromatic N) is 2. The number of ether oxygens (including phenoxy) is 1. The van der Waals surface area contributed by atoms with Crippen LogP contribution in [0.1, 0.15) is 0 Å². The van der Waals surface area contributed by atoms with E-state index in [1.807, 2.05) is 30.3 Å². The molecule has 0 atom stereocenters. The maximum absolute atomic E-state index is 14.5. The van der Waals surface area contributed by atoms with Gasteiger partial charge in [-0.2, -0.15) is 0 Å². The lowest BCUT2D eigenvalue weighted by atomic mass is 10.2. The Hall–Kier alpha value is -2.40. The molecule has 0 unspecified atom stereocenters. The van der Waals surface area contributed by atoms with Gasteiger partial charge in [-0.1, -0.05) is 18.2 Å². The average molecular weight is 297 g/mol. The number of aromatic nitrogens is 2. The Bertz CT molecular complexity index is 776. The van der Waals surface area contributed by atoms with Gasteiger partial charge in [-0.3, -0.25) is 0 Å². The molecule has 112 valence electrons. The number of hydrogen-bond acceptors (Lipinski definition) is 3. The molecule has 1 aliphatic rings. The van der Waals surface area contributed by atoms with Crippen LogP contribution in [0.3, 0.4) is 0 Å². The molecule has 22 heavy (non-hydrogen) atoms. The van der Waals surface area contributed by atoms with Crippen LogP contribution >= 0.6 is 0 Å². The van der Waals surface area contributed by atoms with Gasteiger partial charge in [-0.15, -0.1) is 0 Å². The molecule has 0 spiro atoms. The van der Waals surface area contributed by atoms with Crippen LogP contribution < -0.4 is 4.90 Å². The summed E-state index contributed by atoms with van der Waals surface area (Å²) >= 11 is 0. The van der Waals surface area contributed by atoms with E-state index in [1.165, 1.54) is 0 Å². The average Bonchev–Trinajstić information content (AvgIpc) is 2.99. The van der Waals surface area contributed by atoms with E-state index in [2.05, 4.69) is 14.9 Å². The van der Waals surface area contributed by atoms with Crippen molar-refractivity contribution in [1.29, 1.82) is 0 Å². The summed E-state index contributed by atoms with van der Waals surface area (Å²) in [5.41, 5.74) is 2.84. The molecule has 0 bridgehead atoms. The largest absolute Gasteiger partial charge is 0.378 e. The van der Waals surface area contributed by atoms with Crippen LogP contribution in [-0.4, -0.2) is 36.3 Å². The fourth-order valence-electron chi connectivity index (χ4n) is 2.82. The SMILES string of the molecule is Fc1cc(N2CCOCC2)cnc1-c1cc2ccccc2[nH]1. The second kappa shape index (κ2) is 5.42. The first-order chi connectivity index (χ1) is 10.8. The molecule has 1 aromatic carbocycles. The van der Waals surface area contributed by atoms with Gasteiger partial charge in [0.15, 0.2) is 5.82 Å². The van der Waals surface area contributed by atoms with E-state index in [0.717, 1.165) is 29.7 Å². The second-order valence-corrected chi connectivity index (χ2v) is 5.39. The van der Waals surface area contributed by atoms with Crippen LogP contribution in [0.2, 0.25) is 0 Å². The number of nitrogens with one attached hydrogen (secondary N) is 1. The third-order valence-electron chi connectivity index (χ3n) is 3.99. The van der Waals surface area contributed by atoms with E-state index in [-0.39, 0.29) is 5.82 Å². The number of benzene rings is 1. The van der Waals surface area contributed by atoms with Gasteiger partial charge in [-0.25, -0.2) is 9.37 Å². The van der Waals surface area contributed by atoms with E-state index in [0.29, 0.717) is 24.6 Å². The van der Waals surface area contributed by atoms with Gasteiger partial charge in [0.05, 0.1) is 30.8 Å². The lowest BCUT2D eigenvalue weighted by molar-refractivity contribution is 0.122. The lowest BCUT2D eigenvalue weighted by Crippen LogP contribution is -2.36. The number of aromatic amines is 1. The Balaban J connectivity index is 1.70. The minimum Gasteiger partial charge on any atom is -0.378 e. The Morgan fingerprint density at radius 3 is 2.73 bits per heavy atom. The first kappa shape index (κ1) is 13.3. The zero-order valence-corrected chi connectivity index (χ0v) is 12.1. The summed E-state index contributed by atoms with van der Waals surface area (Å²) in [4.78, 5) is 9.64. The molecular weight excluding hydrogens is 281 g/mol. The lowest BCUT2D eigenvalue weighted by Gasteiger charge is -2.28. The fraction of sp³-hybridized carbons (Fsp3) is 0.235. The molecule has 2 aromatic heterocycles. The molecule has 0 aliphatic carbocycles. The van der Waals surface area contributed by atoms with Crippen LogP contribution in [0.15, 0.2) is 42.6 Å². The normalized spacial score (nSPS) is 15.4. The Morgan fingerprint density at radius 1 is 1.14 bits per heavy atom. The first-order valence-corrected chi connectivity index (χ1v) is 7.37. The van der Waals surface area contributed by atoms with E-state index >= 15 is 0 Å². The van der Waals surface area contributed by atoms with Crippen molar-refractivity contribution in [3.8, 4) is 11.4 Å². The minimum absolute atomic E-state index is 0.310. The van der Waals surface area contributed by atoms with Crippen molar-refractivity contribution in [2.45, 2.75) is 0 Å². The Labute approximate surface area is 127 Å². The number of rotatable bonds is 2. The standard InChI is InChI=1S/C17H16FN3O/c18-14-10-13(21-5-7-22-8-6-21)11-19-17(14)16-9-12-3-1-2-4-15(12)20-16/h1-4,9-11,20H,5-8H2. The van der Waals surface area contributed by atoms with Crippen LogP contribution in [-0.2, 0) is 4.74 Å². The highest BCUT2D eigenvalue weighted by Crippen LogP contribution is 2.27. The zero-order valence-electron chi connectivity index (χ0n) is 12.1. The quantitative estimate of drug-likeness (QED) is 0.789. The molecule has 3 heterocycles. The van der Waals surface area contributed by atoms with Gasteiger partial charge in [0.1, 0.15) is 5.69 Å². The summed E-state index contributed by atoms with van der Waals surface area (Å²) in [6.45, 7) is 2.89. The molecule has 1 saturated heterocycles. The molecule has 3 aromatic rings. The summed E-state index contributed by atoms with van der Waals surface area (Å²) in [6, 6.07) is 11.4. The summed E-state index contributed by atoms with van der Waals surface area (Å²) in [7, 11) is 0. The van der Waals surface area contributed by atoms with Crippen molar-refractivity contribution in [2.75, 3.05) is 31.2 Å². The number of H-pyrrole nitrogens is 1. The van der Waals surface area contributed by atoms with Crippen molar-refractivity contribution < 1.29 is 9.13 Å². The van der Waals surface area contributed by atoms with E-state index in [9.17, 15) is 4.39 Å². The maximum atomic E-state index is 14.5. The molecular formula is C17H16FN3O. The van der Waals surface area contributed by atoms with E-state index in [4.69, 9.17) is 4.74 Å². The van der Waals surface area contributed by atoms with Crippen LogP contribution in [0.5, 0.6) is 0 Å². The predicted molar refractivity (Wildman–Crippen MR) is 84.5 cm³/mol. The number of morpholine rings is 1. The number of pyridine rings is 1. The number of anilines is 1. The van der Waals surface area contributed by atoms with Crippen molar-refractivity contribution in [2.24, 2.45) is 0 Å². The minimum atomic E-state index is -0.310. The molecule has 4 rings (SSSR count). The van der Waals surface area contributed by atoms with Crippen molar-refractivity contribution in [3.63, 3.8) is 0 Å². The third kappa shape index (κ3) is 2.33. The van der Waals surface area contributed by atoms with E-state index < -0.39 is 0 Å². The van der Waals surface area contributed by atoms with Crippen LogP contribution in [0, 0.1) is 5.82 Å². The van der Waals surface area contributed by atoms with Gasteiger partial charge in [-0.05, 0) is 12.1 Å². The number of fused-ring (bicyclic) bond motifs is 1. The molecule has 1 aliphatic heterocycles. The third-order valence-corrected chi connectivity index (χ3v) is 3.99. The highest BCUT2D eigenvalue weighted by atomic mass is 19.1. The smallest absolute Gasteiger partial charge is 0.153 e. The van der Waals surface area contributed by atoms with Crippen molar-refractivity contribution in [3.05, 3.63) is 48.4 Å². The van der Waals surface area contributed by atoms with Gasteiger partial charge in [0.25, 0.3) is 0 Å². The van der Waals surface area contributed by atoms with Gasteiger partial charge < -0.3 is 14.6 Å². The molecule has 1 N–H and O–H groups in total. The van der Waals surface area contributed by atoms with Crippen molar-refractivity contribution in [1.82, 2.24) is 9.97 Å². The summed E-state index contributed by atoms with van der Waals surface area (Å²) < 4.78 is 19.8. The van der Waals surface area contributed by atoms with Crippen LogP contribution in [0.4, 0.5) is 10.1 Å². The molecule has 5 heteroatoms. The molecule has 0 amide bonds. The fourth-order valence-corrected chi connectivity index (χ4v) is 2.82. The molecule has 0 saturated carbocycles. The second-order valence-electron chi connectivity index (χ2n) is 5.39. The van der Waals surface area contributed by atoms with Gasteiger partial charge >= 0.3 is 0 Å². The van der Waals surface area contributed by atoms with Crippen LogP contribution in [0.25, 0.3) is 22.3 Å². The summed E-state index contributed by atoms with van der Waals surface area (Å²) in [5, 5.41) is 1.05. The highest BCUT2D eigenvalue weighted by Gasteiger charge is 2.15. The topological polar surface area (TPSA) is 41.1 Å². The Kier molecular flexibility index (Phi) is 3.27. The number of para-hydroxylation sites is 1. The molecule has 1 fully saturated rings. The first-order valence-electron chi connectivity index (χ1n) is 7.37. The zero-order chi connectivity index (χ0) is 14.9. The predicted octanol–water partition coefficient (Wildman–Crippen LogP) is 3.21. The van der Waals surface area contributed by atoms with Gasteiger partial charge in [0, 0.05) is 30.1 Å². The molecule has 0 radical (unpaired) electrons. The maximum Gasteiger partial charge on any atom is 0.153 e. The molecule has 4 nitrogen and oxygen atoms in total. The summed E-state index contributed by atoms with van der Waals surface area (Å²) in [5.74, 6) is -0.310. The Morgan fingerprint density at radius 2 is 1.95 bits per heavy atom. The highest BCUT2D eigenvalue weighted by molar-refractivity contribution is 5.85. The number of halogens is 1. The van der Waals surface area contributed by atoms with Gasteiger partial charge in [0.2, 0.25) is 0 Å².